The van der Waals surface area contributed by atoms with Crippen molar-refractivity contribution in [2.24, 2.45) is 0 Å². The molecule has 0 fully saturated rings. The van der Waals surface area contributed by atoms with E-state index in [0.29, 0.717) is 9.39 Å². The van der Waals surface area contributed by atoms with Gasteiger partial charge in [0.15, 0.2) is 0 Å². The lowest BCUT2D eigenvalue weighted by Crippen LogP contribution is -2.16. The van der Waals surface area contributed by atoms with E-state index in [1.807, 2.05) is 22.6 Å². The van der Waals surface area contributed by atoms with Crippen LogP contribution in [0.2, 0.25) is 0 Å². The second-order valence-electron chi connectivity index (χ2n) is 2.09. The molecule has 1 aromatic heterocycles. The summed E-state index contributed by atoms with van der Waals surface area (Å²) in [6, 6.07) is 0. The molecule has 0 unspecified atom stereocenters. The topological polar surface area (TPSA) is 74.8 Å². The third kappa shape index (κ3) is 2.29. The fourth-order valence-corrected chi connectivity index (χ4v) is 1.05. The van der Waals surface area contributed by atoms with Crippen molar-refractivity contribution in [1.29, 1.82) is 0 Å². The Labute approximate surface area is 81.7 Å². The van der Waals surface area contributed by atoms with Crippen molar-refractivity contribution in [2.75, 3.05) is 5.32 Å². The number of carbonyl (C=O) groups excluding carboxylic acids is 1. The fraction of sp³-hybridized carbons (Fsp3) is 0.167. The van der Waals surface area contributed by atoms with Gasteiger partial charge in [0.2, 0.25) is 5.91 Å². The third-order valence-corrected chi connectivity index (χ3v) is 1.88. The molecular formula is C6H6IN3O2. The molecule has 0 aromatic carbocycles. The van der Waals surface area contributed by atoms with Crippen LogP contribution in [0.1, 0.15) is 6.92 Å². The highest BCUT2D eigenvalue weighted by Crippen LogP contribution is 2.10. The lowest BCUT2D eigenvalue weighted by Gasteiger charge is -2.01. The predicted molar refractivity (Wildman–Crippen MR) is 51.9 cm³/mol. The van der Waals surface area contributed by atoms with Crippen LogP contribution >= 0.6 is 22.6 Å². The van der Waals surface area contributed by atoms with E-state index in [2.05, 4.69) is 15.3 Å². The Bertz CT molecular complexity index is 360. The molecule has 0 spiro atoms. The highest BCUT2D eigenvalue weighted by Gasteiger charge is 2.01. The lowest BCUT2D eigenvalue weighted by molar-refractivity contribution is -0.114. The summed E-state index contributed by atoms with van der Waals surface area (Å²) in [5.74, 6) is 0.165. The third-order valence-electron chi connectivity index (χ3n) is 1.07. The standard InChI is InChI=1S/C6H6IN3O2/c1-3(11)9-5-4(7)2-8-6(12)10-5/h2H,1H3,(H2,8,9,10,11,12). The minimum absolute atomic E-state index is 0.227. The minimum atomic E-state index is -0.473. The Kier molecular flexibility index (Phi) is 2.79. The quantitative estimate of drug-likeness (QED) is 0.727. The molecule has 1 rings (SSSR count). The van der Waals surface area contributed by atoms with Crippen molar-refractivity contribution in [1.82, 2.24) is 9.97 Å². The Morgan fingerprint density at radius 3 is 3.00 bits per heavy atom. The molecule has 6 heteroatoms. The highest BCUT2D eigenvalue weighted by atomic mass is 127. The molecule has 0 aliphatic heterocycles. The molecule has 1 amide bonds. The van der Waals surface area contributed by atoms with Gasteiger partial charge in [0.25, 0.3) is 0 Å². The SMILES string of the molecule is CC(=O)Nc1[nH]c(=O)ncc1I. The number of halogens is 1. The van der Waals surface area contributed by atoms with Gasteiger partial charge in [0.1, 0.15) is 5.82 Å². The first-order valence-corrected chi connectivity index (χ1v) is 4.20. The largest absolute Gasteiger partial charge is 0.346 e. The number of aromatic amines is 1. The molecule has 0 radical (unpaired) electrons. The van der Waals surface area contributed by atoms with Crippen molar-refractivity contribution < 1.29 is 4.79 Å². The van der Waals surface area contributed by atoms with Crippen LogP contribution in [0.4, 0.5) is 5.82 Å². The maximum atomic E-state index is 10.7. The Morgan fingerprint density at radius 1 is 1.75 bits per heavy atom. The summed E-state index contributed by atoms with van der Waals surface area (Å²) in [5.41, 5.74) is -0.473. The smallest absolute Gasteiger partial charge is 0.311 e. The second-order valence-corrected chi connectivity index (χ2v) is 3.25. The van der Waals surface area contributed by atoms with Gasteiger partial charge in [-0.2, -0.15) is 0 Å². The zero-order chi connectivity index (χ0) is 9.14. The van der Waals surface area contributed by atoms with E-state index in [4.69, 9.17) is 0 Å². The van der Waals surface area contributed by atoms with Crippen molar-refractivity contribution in [3.8, 4) is 0 Å². The van der Waals surface area contributed by atoms with E-state index < -0.39 is 5.69 Å². The molecule has 0 aliphatic carbocycles. The Balaban J connectivity index is 3.05. The van der Waals surface area contributed by atoms with E-state index in [9.17, 15) is 9.59 Å². The van der Waals surface area contributed by atoms with Crippen LogP contribution in [-0.2, 0) is 4.79 Å². The van der Waals surface area contributed by atoms with Gasteiger partial charge in [-0.3, -0.25) is 9.78 Å². The first-order chi connectivity index (χ1) is 5.59. The summed E-state index contributed by atoms with van der Waals surface area (Å²) in [6.07, 6.45) is 1.39. The number of anilines is 1. The van der Waals surface area contributed by atoms with Crippen molar-refractivity contribution >= 4 is 34.3 Å². The van der Waals surface area contributed by atoms with Crippen molar-refractivity contribution in [2.45, 2.75) is 6.92 Å². The van der Waals surface area contributed by atoms with Crippen molar-refractivity contribution in [3.05, 3.63) is 20.3 Å². The number of H-pyrrole nitrogens is 1. The first-order valence-electron chi connectivity index (χ1n) is 3.12. The molecule has 0 bridgehead atoms. The number of hydrogen-bond donors (Lipinski definition) is 2. The van der Waals surface area contributed by atoms with Crippen molar-refractivity contribution in [3.63, 3.8) is 0 Å². The Hall–Kier alpha value is -0.920. The first kappa shape index (κ1) is 9.17. The molecule has 64 valence electrons. The molecular weight excluding hydrogens is 273 g/mol. The molecule has 0 aliphatic rings. The van der Waals surface area contributed by atoms with Gasteiger partial charge in [-0.25, -0.2) is 9.78 Å². The average Bonchev–Trinajstić information content (AvgIpc) is 1.96. The van der Waals surface area contributed by atoms with Gasteiger partial charge < -0.3 is 5.32 Å². The van der Waals surface area contributed by atoms with Crippen LogP contribution in [-0.4, -0.2) is 15.9 Å². The number of hydrogen-bond acceptors (Lipinski definition) is 3. The predicted octanol–water partition coefficient (Wildman–Crippen LogP) is 0.333. The minimum Gasteiger partial charge on any atom is -0.311 e. The van der Waals surface area contributed by atoms with E-state index in [0.717, 1.165) is 0 Å². The summed E-state index contributed by atoms with van der Waals surface area (Å²) >= 11 is 1.96. The molecule has 0 saturated carbocycles. The fourth-order valence-electron chi connectivity index (χ4n) is 0.646. The molecule has 12 heavy (non-hydrogen) atoms. The van der Waals surface area contributed by atoms with Gasteiger partial charge in [-0.05, 0) is 22.6 Å². The molecule has 0 atom stereocenters. The lowest BCUT2D eigenvalue weighted by atomic mass is 10.5. The summed E-state index contributed by atoms with van der Waals surface area (Å²) in [6.45, 7) is 1.37. The van der Waals surface area contributed by atoms with E-state index >= 15 is 0 Å². The average molecular weight is 279 g/mol. The van der Waals surface area contributed by atoms with Gasteiger partial charge >= 0.3 is 5.69 Å². The maximum absolute atomic E-state index is 10.7. The number of rotatable bonds is 1. The second kappa shape index (κ2) is 3.65. The summed E-state index contributed by atoms with van der Waals surface area (Å²) < 4.78 is 0.697. The van der Waals surface area contributed by atoms with Crippen LogP contribution in [0.25, 0.3) is 0 Å². The molecule has 1 aromatic rings. The Morgan fingerprint density at radius 2 is 2.42 bits per heavy atom. The highest BCUT2D eigenvalue weighted by molar-refractivity contribution is 14.1. The zero-order valence-electron chi connectivity index (χ0n) is 6.22. The molecule has 0 saturated heterocycles. The molecule has 2 N–H and O–H groups in total. The molecule has 5 nitrogen and oxygen atoms in total. The number of nitrogens with zero attached hydrogens (tertiary/aromatic N) is 1. The summed E-state index contributed by atoms with van der Waals surface area (Å²) in [5, 5.41) is 2.47. The van der Waals surface area contributed by atoms with Crippen LogP contribution in [0, 0.1) is 3.57 Å². The normalized spacial score (nSPS) is 9.50. The maximum Gasteiger partial charge on any atom is 0.346 e. The van der Waals surface area contributed by atoms with Gasteiger partial charge in [0.05, 0.1) is 3.57 Å². The summed E-state index contributed by atoms with van der Waals surface area (Å²) in [7, 11) is 0. The van der Waals surface area contributed by atoms with Gasteiger partial charge in [-0.15, -0.1) is 0 Å². The van der Waals surface area contributed by atoms with Gasteiger partial charge in [0, 0.05) is 13.1 Å². The van der Waals surface area contributed by atoms with Crippen LogP contribution < -0.4 is 11.0 Å². The zero-order valence-corrected chi connectivity index (χ0v) is 8.38. The van der Waals surface area contributed by atoms with E-state index in [-0.39, 0.29) is 5.91 Å². The number of nitrogens with one attached hydrogen (secondary N) is 2. The van der Waals surface area contributed by atoms with Gasteiger partial charge in [-0.1, -0.05) is 0 Å². The number of amides is 1. The molecule has 1 heterocycles. The monoisotopic (exact) mass is 279 g/mol. The number of aromatic nitrogens is 2. The van der Waals surface area contributed by atoms with E-state index in [1.165, 1.54) is 13.1 Å². The summed E-state index contributed by atoms with van der Waals surface area (Å²) in [4.78, 5) is 27.2. The van der Waals surface area contributed by atoms with E-state index in [1.54, 1.807) is 0 Å². The van der Waals surface area contributed by atoms with Crippen LogP contribution in [0.15, 0.2) is 11.0 Å². The number of carbonyl (C=O) groups is 1. The van der Waals surface area contributed by atoms with Crippen LogP contribution in [0.5, 0.6) is 0 Å². The van der Waals surface area contributed by atoms with Crippen LogP contribution in [0.3, 0.4) is 0 Å².